The predicted molar refractivity (Wildman–Crippen MR) is 79.9 cm³/mol. The van der Waals surface area contributed by atoms with Crippen LogP contribution in [0.25, 0.3) is 0 Å². The summed E-state index contributed by atoms with van der Waals surface area (Å²) in [6.45, 7) is 1.84. The fourth-order valence-corrected chi connectivity index (χ4v) is 2.66. The van der Waals surface area contributed by atoms with Gasteiger partial charge >= 0.3 is 6.09 Å². The number of rotatable bonds is 6. The van der Waals surface area contributed by atoms with Gasteiger partial charge in [0.1, 0.15) is 12.4 Å². The lowest BCUT2D eigenvalue weighted by Crippen LogP contribution is -2.57. The molecule has 22 heavy (non-hydrogen) atoms. The van der Waals surface area contributed by atoms with E-state index in [1.165, 1.54) is 12.1 Å². The third-order valence-corrected chi connectivity index (χ3v) is 3.82. The van der Waals surface area contributed by atoms with Crippen LogP contribution in [0.4, 0.5) is 9.18 Å². The number of alkyl carbamates (subject to hydrolysis) is 1. The summed E-state index contributed by atoms with van der Waals surface area (Å²) in [6, 6.07) is 6.41. The van der Waals surface area contributed by atoms with Gasteiger partial charge in [-0.2, -0.15) is 0 Å². The smallest absolute Gasteiger partial charge is 0.407 e. The predicted octanol–water partition coefficient (Wildman–Crippen LogP) is 2.15. The second kappa shape index (κ2) is 7.24. The lowest BCUT2D eigenvalue weighted by atomic mass is 9.72. The summed E-state index contributed by atoms with van der Waals surface area (Å²) >= 11 is 0. The molecule has 1 aliphatic rings. The van der Waals surface area contributed by atoms with Crippen molar-refractivity contribution < 1.29 is 18.7 Å². The van der Waals surface area contributed by atoms with E-state index < -0.39 is 6.09 Å². The molecule has 0 aromatic heterocycles. The average molecular weight is 308 g/mol. The Morgan fingerprint density at radius 3 is 2.73 bits per heavy atom. The van der Waals surface area contributed by atoms with Crippen molar-refractivity contribution in [2.75, 3.05) is 13.2 Å². The number of carbonyl (C=O) groups excluding carboxylic acids is 2. The number of ether oxygens (including phenoxy) is 1. The molecular formula is C16H21FN2O3. The molecule has 120 valence electrons. The van der Waals surface area contributed by atoms with Crippen molar-refractivity contribution >= 4 is 12.0 Å². The zero-order valence-corrected chi connectivity index (χ0v) is 12.7. The van der Waals surface area contributed by atoms with Crippen LogP contribution in [0, 0.1) is 5.82 Å². The zero-order valence-electron chi connectivity index (χ0n) is 12.7. The quantitative estimate of drug-likeness (QED) is 0.846. The first-order valence-electron chi connectivity index (χ1n) is 7.49. The van der Waals surface area contributed by atoms with Gasteiger partial charge in [-0.25, -0.2) is 9.18 Å². The maximum absolute atomic E-state index is 13.3. The molecule has 1 aromatic carbocycles. The van der Waals surface area contributed by atoms with Gasteiger partial charge in [-0.1, -0.05) is 12.1 Å². The van der Waals surface area contributed by atoms with E-state index in [1.807, 2.05) is 6.07 Å². The van der Waals surface area contributed by atoms with E-state index in [0.717, 1.165) is 24.8 Å². The second-order valence-corrected chi connectivity index (χ2v) is 5.56. The zero-order chi connectivity index (χ0) is 16.0. The molecule has 1 saturated carbocycles. The largest absolute Gasteiger partial charge is 0.450 e. The highest BCUT2D eigenvalue weighted by Crippen LogP contribution is 2.35. The van der Waals surface area contributed by atoms with Gasteiger partial charge in [0.2, 0.25) is 5.91 Å². The van der Waals surface area contributed by atoms with Gasteiger partial charge in [-0.15, -0.1) is 0 Å². The van der Waals surface area contributed by atoms with E-state index in [-0.39, 0.29) is 30.4 Å². The molecule has 0 aliphatic heterocycles. The van der Waals surface area contributed by atoms with Crippen LogP contribution in [0.3, 0.4) is 0 Å². The first kappa shape index (κ1) is 16.3. The van der Waals surface area contributed by atoms with Gasteiger partial charge in [0.05, 0.1) is 6.61 Å². The number of amides is 2. The number of carbonyl (C=O) groups is 2. The van der Waals surface area contributed by atoms with Crippen molar-refractivity contribution in [3.8, 4) is 0 Å². The minimum atomic E-state index is -0.606. The van der Waals surface area contributed by atoms with Gasteiger partial charge < -0.3 is 15.4 Å². The van der Waals surface area contributed by atoms with E-state index in [2.05, 4.69) is 10.6 Å². The molecular weight excluding hydrogens is 287 g/mol. The fourth-order valence-electron chi connectivity index (χ4n) is 2.66. The number of hydrogen-bond donors (Lipinski definition) is 2. The molecule has 6 heteroatoms. The van der Waals surface area contributed by atoms with E-state index >= 15 is 0 Å². The third kappa shape index (κ3) is 4.44. The monoisotopic (exact) mass is 308 g/mol. The first-order valence-corrected chi connectivity index (χ1v) is 7.49. The van der Waals surface area contributed by atoms with Crippen molar-refractivity contribution in [2.45, 2.75) is 38.1 Å². The topological polar surface area (TPSA) is 67.4 Å². The lowest BCUT2D eigenvalue weighted by molar-refractivity contribution is -0.123. The Morgan fingerprint density at radius 1 is 1.36 bits per heavy atom. The van der Waals surface area contributed by atoms with Gasteiger partial charge in [-0.3, -0.25) is 4.79 Å². The van der Waals surface area contributed by atoms with Crippen LogP contribution in [-0.4, -0.2) is 30.7 Å². The summed E-state index contributed by atoms with van der Waals surface area (Å²) in [5.41, 5.74) is 0.527. The molecule has 2 amide bonds. The number of benzene rings is 1. The van der Waals surface area contributed by atoms with Gasteiger partial charge in [-0.05, 0) is 50.3 Å². The molecule has 0 radical (unpaired) electrons. The van der Waals surface area contributed by atoms with E-state index in [0.29, 0.717) is 6.42 Å². The minimum absolute atomic E-state index is 0.121. The summed E-state index contributed by atoms with van der Waals surface area (Å²) in [5, 5.41) is 5.36. The molecule has 0 bridgehead atoms. The average Bonchev–Trinajstić information content (AvgIpc) is 2.43. The van der Waals surface area contributed by atoms with Crippen LogP contribution in [0.5, 0.6) is 0 Å². The van der Waals surface area contributed by atoms with Crippen molar-refractivity contribution in [2.24, 2.45) is 0 Å². The Bertz CT molecular complexity index is 544. The van der Waals surface area contributed by atoms with Crippen molar-refractivity contribution in [1.82, 2.24) is 10.6 Å². The Hall–Kier alpha value is -2.11. The summed E-state index contributed by atoms with van der Waals surface area (Å²) in [4.78, 5) is 23.1. The van der Waals surface area contributed by atoms with Gasteiger partial charge in [0.25, 0.3) is 0 Å². The molecule has 0 unspecified atom stereocenters. The highest BCUT2D eigenvalue weighted by molar-refractivity contribution is 5.82. The van der Waals surface area contributed by atoms with Crippen molar-refractivity contribution in [3.05, 3.63) is 35.6 Å². The Kier molecular flexibility index (Phi) is 5.35. The minimum Gasteiger partial charge on any atom is -0.450 e. The number of nitrogens with one attached hydrogen (secondary N) is 2. The summed E-state index contributed by atoms with van der Waals surface area (Å²) in [7, 11) is 0. The van der Waals surface area contributed by atoms with E-state index in [1.54, 1.807) is 13.0 Å². The molecule has 5 nitrogen and oxygen atoms in total. The van der Waals surface area contributed by atoms with E-state index in [4.69, 9.17) is 4.74 Å². The Balaban J connectivity index is 1.88. The molecule has 2 N–H and O–H groups in total. The van der Waals surface area contributed by atoms with Crippen LogP contribution < -0.4 is 10.6 Å². The fraction of sp³-hybridized carbons (Fsp3) is 0.500. The maximum Gasteiger partial charge on any atom is 0.407 e. The third-order valence-electron chi connectivity index (χ3n) is 3.82. The van der Waals surface area contributed by atoms with Crippen LogP contribution in [-0.2, 0) is 16.0 Å². The summed E-state index contributed by atoms with van der Waals surface area (Å²) in [6.07, 6.45) is 2.73. The lowest BCUT2D eigenvalue weighted by Gasteiger charge is -2.43. The Labute approximate surface area is 129 Å². The second-order valence-electron chi connectivity index (χ2n) is 5.56. The molecule has 0 spiro atoms. The van der Waals surface area contributed by atoms with E-state index in [9.17, 15) is 14.0 Å². The van der Waals surface area contributed by atoms with Gasteiger partial charge in [0, 0.05) is 5.54 Å². The maximum atomic E-state index is 13.3. The van der Waals surface area contributed by atoms with Gasteiger partial charge in [0.15, 0.2) is 0 Å². The number of halogens is 1. The van der Waals surface area contributed by atoms with Crippen molar-refractivity contribution in [1.29, 1.82) is 0 Å². The SMILES string of the molecule is CCOC(=O)NCC(=O)NC1(Cc2cccc(F)c2)CCC1. The molecule has 1 fully saturated rings. The normalized spacial score (nSPS) is 15.5. The summed E-state index contributed by atoms with van der Waals surface area (Å²) in [5.74, 6) is -0.536. The molecule has 0 heterocycles. The molecule has 0 atom stereocenters. The molecule has 2 rings (SSSR count). The standard InChI is InChI=1S/C16H21FN2O3/c1-2-22-15(21)18-11-14(20)19-16(7-4-8-16)10-12-5-3-6-13(17)9-12/h3,5-6,9H,2,4,7-8,10-11H2,1H3,(H,18,21)(H,19,20). The van der Waals surface area contributed by atoms with Crippen LogP contribution >= 0.6 is 0 Å². The highest BCUT2D eigenvalue weighted by atomic mass is 19.1. The van der Waals surface area contributed by atoms with Crippen LogP contribution in [0.1, 0.15) is 31.7 Å². The van der Waals surface area contributed by atoms with Crippen LogP contribution in [0.15, 0.2) is 24.3 Å². The summed E-state index contributed by atoms with van der Waals surface area (Å²) < 4.78 is 18.0. The Morgan fingerprint density at radius 2 is 2.14 bits per heavy atom. The molecule has 0 saturated heterocycles. The molecule has 1 aliphatic carbocycles. The highest BCUT2D eigenvalue weighted by Gasteiger charge is 2.38. The first-order chi connectivity index (χ1) is 10.5. The molecule has 1 aromatic rings. The van der Waals surface area contributed by atoms with Crippen LogP contribution in [0.2, 0.25) is 0 Å². The number of hydrogen-bond acceptors (Lipinski definition) is 3. The van der Waals surface area contributed by atoms with Crippen molar-refractivity contribution in [3.63, 3.8) is 0 Å².